The minimum atomic E-state index is -0.0613. The first-order valence-electron chi connectivity index (χ1n) is 7.11. The third kappa shape index (κ3) is 7.18. The molecule has 0 aliphatic carbocycles. The van der Waals surface area contributed by atoms with E-state index in [1.807, 2.05) is 14.1 Å². The lowest BCUT2D eigenvalue weighted by Gasteiger charge is -2.12. The van der Waals surface area contributed by atoms with Crippen molar-refractivity contribution >= 4 is 48.0 Å². The quantitative estimate of drug-likeness (QED) is 0.743. The molecule has 0 saturated carbocycles. The first-order chi connectivity index (χ1) is 10.0. The first kappa shape index (κ1) is 21.7. The highest BCUT2D eigenvalue weighted by molar-refractivity contribution is 5.94. The van der Waals surface area contributed by atoms with Crippen LogP contribution in [0.4, 0.5) is 11.4 Å². The number of halogens is 2. The van der Waals surface area contributed by atoms with Crippen LogP contribution in [0, 0.1) is 5.92 Å². The predicted molar refractivity (Wildman–Crippen MR) is 97.7 cm³/mol. The van der Waals surface area contributed by atoms with Gasteiger partial charge in [-0.2, -0.15) is 0 Å². The van der Waals surface area contributed by atoms with E-state index in [2.05, 4.69) is 16.0 Å². The summed E-state index contributed by atoms with van der Waals surface area (Å²) >= 11 is 0. The maximum atomic E-state index is 12.0. The summed E-state index contributed by atoms with van der Waals surface area (Å²) < 4.78 is 0. The topological polar surface area (TPSA) is 73.5 Å². The second kappa shape index (κ2) is 10.4. The lowest BCUT2D eigenvalue weighted by molar-refractivity contribution is -0.119. The SMILES string of the molecule is CN(C)CC(=O)Nc1ccc(NC(=O)C2CCNC2)cc1.Cl.Cl. The normalized spacial score (nSPS) is 16.2. The molecule has 1 heterocycles. The van der Waals surface area contributed by atoms with Gasteiger partial charge in [0.1, 0.15) is 0 Å². The molecule has 0 bridgehead atoms. The van der Waals surface area contributed by atoms with E-state index in [0.717, 1.165) is 30.9 Å². The Kier molecular flexibility index (Phi) is 9.83. The molecule has 2 amide bonds. The van der Waals surface area contributed by atoms with Crippen LogP contribution in [0.3, 0.4) is 0 Å². The molecule has 1 atom stereocenters. The molecular formula is C15H24Cl2N4O2. The van der Waals surface area contributed by atoms with Crippen molar-refractivity contribution in [1.82, 2.24) is 10.2 Å². The summed E-state index contributed by atoms with van der Waals surface area (Å²) in [5.41, 5.74) is 1.47. The average Bonchev–Trinajstić information content (AvgIpc) is 2.94. The number of likely N-dealkylation sites (N-methyl/N-ethyl adjacent to an activating group) is 1. The number of anilines is 2. The molecule has 0 aromatic heterocycles. The highest BCUT2D eigenvalue weighted by atomic mass is 35.5. The summed E-state index contributed by atoms with van der Waals surface area (Å²) in [4.78, 5) is 25.4. The van der Waals surface area contributed by atoms with Gasteiger partial charge < -0.3 is 20.9 Å². The summed E-state index contributed by atoms with van der Waals surface area (Å²) in [6.07, 6.45) is 0.879. The maximum Gasteiger partial charge on any atom is 0.238 e. The highest BCUT2D eigenvalue weighted by Gasteiger charge is 2.22. The van der Waals surface area contributed by atoms with Crippen LogP contribution in [0.1, 0.15) is 6.42 Å². The Hall–Kier alpha value is -1.34. The fraction of sp³-hybridized carbons (Fsp3) is 0.467. The van der Waals surface area contributed by atoms with Gasteiger partial charge in [-0.05, 0) is 51.3 Å². The lowest BCUT2D eigenvalue weighted by atomic mass is 10.1. The zero-order valence-electron chi connectivity index (χ0n) is 13.3. The minimum Gasteiger partial charge on any atom is -0.326 e. The van der Waals surface area contributed by atoms with Crippen molar-refractivity contribution in [1.29, 1.82) is 0 Å². The zero-order chi connectivity index (χ0) is 15.2. The highest BCUT2D eigenvalue weighted by Crippen LogP contribution is 2.16. The van der Waals surface area contributed by atoms with Crippen LogP contribution >= 0.6 is 24.8 Å². The summed E-state index contributed by atoms with van der Waals surface area (Å²) in [6, 6.07) is 7.17. The number of benzene rings is 1. The van der Waals surface area contributed by atoms with Crippen LogP contribution in [0.5, 0.6) is 0 Å². The molecule has 130 valence electrons. The van der Waals surface area contributed by atoms with E-state index in [1.54, 1.807) is 29.2 Å². The summed E-state index contributed by atoms with van der Waals surface area (Å²) in [5, 5.41) is 8.88. The van der Waals surface area contributed by atoms with Gasteiger partial charge >= 0.3 is 0 Å². The number of nitrogens with one attached hydrogen (secondary N) is 3. The molecule has 0 radical (unpaired) electrons. The van der Waals surface area contributed by atoms with E-state index in [-0.39, 0.29) is 42.5 Å². The van der Waals surface area contributed by atoms with Gasteiger partial charge in [-0.3, -0.25) is 9.59 Å². The zero-order valence-corrected chi connectivity index (χ0v) is 14.9. The van der Waals surface area contributed by atoms with Crippen LogP contribution < -0.4 is 16.0 Å². The van der Waals surface area contributed by atoms with Crippen molar-refractivity contribution in [2.45, 2.75) is 6.42 Å². The molecule has 0 spiro atoms. The molecule has 1 aromatic rings. The number of hydrogen-bond acceptors (Lipinski definition) is 4. The fourth-order valence-electron chi connectivity index (χ4n) is 2.25. The maximum absolute atomic E-state index is 12.0. The number of rotatable bonds is 5. The number of amides is 2. The van der Waals surface area contributed by atoms with Crippen molar-refractivity contribution in [2.24, 2.45) is 5.92 Å². The van der Waals surface area contributed by atoms with Crippen LogP contribution in [0.25, 0.3) is 0 Å². The third-order valence-electron chi connectivity index (χ3n) is 3.33. The van der Waals surface area contributed by atoms with Crippen LogP contribution in [-0.4, -0.2) is 50.4 Å². The molecule has 23 heavy (non-hydrogen) atoms. The third-order valence-corrected chi connectivity index (χ3v) is 3.33. The van der Waals surface area contributed by atoms with E-state index in [0.29, 0.717) is 6.54 Å². The van der Waals surface area contributed by atoms with Gasteiger partial charge in [0.15, 0.2) is 0 Å². The Balaban J connectivity index is 0.00000242. The van der Waals surface area contributed by atoms with Crippen molar-refractivity contribution < 1.29 is 9.59 Å². The Morgan fingerprint density at radius 3 is 2.17 bits per heavy atom. The molecule has 1 fully saturated rings. The minimum absolute atomic E-state index is 0. The molecule has 1 aliphatic heterocycles. The summed E-state index contributed by atoms with van der Waals surface area (Å²) in [7, 11) is 3.69. The van der Waals surface area contributed by atoms with E-state index < -0.39 is 0 Å². The molecule has 1 aromatic carbocycles. The van der Waals surface area contributed by atoms with E-state index in [9.17, 15) is 9.59 Å². The standard InChI is InChI=1S/C15H22N4O2.2ClH/c1-19(2)10-14(20)17-12-3-5-13(6-4-12)18-15(21)11-7-8-16-9-11;;/h3-6,11,16H,7-10H2,1-2H3,(H,17,20)(H,18,21);2*1H. The monoisotopic (exact) mass is 362 g/mol. The molecule has 8 heteroatoms. The van der Waals surface area contributed by atoms with E-state index in [1.165, 1.54) is 0 Å². The van der Waals surface area contributed by atoms with Crippen LogP contribution in [0.15, 0.2) is 24.3 Å². The molecule has 1 aliphatic rings. The van der Waals surface area contributed by atoms with Gasteiger partial charge in [-0.25, -0.2) is 0 Å². The second-order valence-electron chi connectivity index (χ2n) is 5.54. The summed E-state index contributed by atoms with van der Waals surface area (Å²) in [5.74, 6) is 0.0303. The number of nitrogens with zero attached hydrogens (tertiary/aromatic N) is 1. The predicted octanol–water partition coefficient (Wildman–Crippen LogP) is 1.58. The molecule has 1 unspecified atom stereocenters. The van der Waals surface area contributed by atoms with Crippen molar-refractivity contribution in [2.75, 3.05) is 44.4 Å². The number of hydrogen-bond donors (Lipinski definition) is 3. The molecule has 6 nitrogen and oxygen atoms in total. The Morgan fingerprint density at radius 2 is 1.70 bits per heavy atom. The fourth-order valence-corrected chi connectivity index (χ4v) is 2.25. The van der Waals surface area contributed by atoms with Crippen molar-refractivity contribution in [3.05, 3.63) is 24.3 Å². The van der Waals surface area contributed by atoms with Gasteiger partial charge in [-0.15, -0.1) is 24.8 Å². The number of carbonyl (C=O) groups excluding carboxylic acids is 2. The van der Waals surface area contributed by atoms with Crippen LogP contribution in [0.2, 0.25) is 0 Å². The van der Waals surface area contributed by atoms with Gasteiger partial charge in [0.2, 0.25) is 11.8 Å². The Labute approximate surface area is 149 Å². The summed E-state index contributed by atoms with van der Waals surface area (Å²) in [6.45, 7) is 1.98. The molecule has 1 saturated heterocycles. The Morgan fingerprint density at radius 1 is 1.13 bits per heavy atom. The largest absolute Gasteiger partial charge is 0.326 e. The molecule has 2 rings (SSSR count). The van der Waals surface area contributed by atoms with Gasteiger partial charge in [-0.1, -0.05) is 0 Å². The first-order valence-corrected chi connectivity index (χ1v) is 7.11. The van der Waals surface area contributed by atoms with E-state index in [4.69, 9.17) is 0 Å². The van der Waals surface area contributed by atoms with Crippen molar-refractivity contribution in [3.63, 3.8) is 0 Å². The lowest BCUT2D eigenvalue weighted by Crippen LogP contribution is -2.27. The van der Waals surface area contributed by atoms with Crippen LogP contribution in [-0.2, 0) is 9.59 Å². The smallest absolute Gasteiger partial charge is 0.238 e. The van der Waals surface area contributed by atoms with Gasteiger partial charge in [0, 0.05) is 17.9 Å². The molecule has 3 N–H and O–H groups in total. The Bertz CT molecular complexity index is 503. The van der Waals surface area contributed by atoms with E-state index >= 15 is 0 Å². The van der Waals surface area contributed by atoms with Gasteiger partial charge in [0.25, 0.3) is 0 Å². The van der Waals surface area contributed by atoms with Gasteiger partial charge in [0.05, 0.1) is 12.5 Å². The molecular weight excluding hydrogens is 339 g/mol. The second-order valence-corrected chi connectivity index (χ2v) is 5.54. The van der Waals surface area contributed by atoms with Crippen molar-refractivity contribution in [3.8, 4) is 0 Å². The number of carbonyl (C=O) groups is 2. The average molecular weight is 363 g/mol.